The van der Waals surface area contributed by atoms with E-state index in [1.807, 2.05) is 32.9 Å². The Morgan fingerprint density at radius 1 is 1.18 bits per heavy atom. The van der Waals surface area contributed by atoms with Gasteiger partial charge in [0.1, 0.15) is 17.5 Å². The number of alkyl carbamates (subject to hydrolysis) is 1. The van der Waals surface area contributed by atoms with Crippen molar-refractivity contribution in [2.24, 2.45) is 0 Å². The number of amides is 2. The Kier molecular flexibility index (Phi) is 7.72. The molecule has 38 heavy (non-hydrogen) atoms. The van der Waals surface area contributed by atoms with Crippen LogP contribution in [0, 0.1) is 5.82 Å². The number of hydrogen-bond acceptors (Lipinski definition) is 7. The molecule has 3 aromatic rings. The lowest BCUT2D eigenvalue weighted by Gasteiger charge is -2.27. The first-order valence-electron chi connectivity index (χ1n) is 12.0. The van der Waals surface area contributed by atoms with Gasteiger partial charge in [-0.05, 0) is 76.6 Å². The average molecular weight is 561 g/mol. The van der Waals surface area contributed by atoms with E-state index in [0.29, 0.717) is 15.6 Å². The highest BCUT2D eigenvalue weighted by molar-refractivity contribution is 7.99. The zero-order valence-electron chi connectivity index (χ0n) is 22.1. The van der Waals surface area contributed by atoms with Crippen molar-refractivity contribution < 1.29 is 18.7 Å². The van der Waals surface area contributed by atoms with Crippen LogP contribution < -0.4 is 10.2 Å². The van der Waals surface area contributed by atoms with Crippen LogP contribution in [0.1, 0.15) is 47.1 Å². The normalized spacial score (nSPS) is 16.2. The highest BCUT2D eigenvalue weighted by atomic mass is 35.5. The molecule has 12 heteroatoms. The molecule has 2 heterocycles. The molecule has 1 aromatic heterocycles. The molecule has 1 aliphatic heterocycles. The lowest BCUT2D eigenvalue weighted by atomic mass is 10.1. The van der Waals surface area contributed by atoms with E-state index in [1.54, 1.807) is 39.0 Å². The molecule has 202 valence electrons. The maximum atomic E-state index is 15.4. The van der Waals surface area contributed by atoms with Crippen LogP contribution in [-0.4, -0.2) is 49.6 Å². The first-order chi connectivity index (χ1) is 17.7. The van der Waals surface area contributed by atoms with E-state index in [0.717, 1.165) is 5.56 Å². The van der Waals surface area contributed by atoms with Gasteiger partial charge in [0, 0.05) is 15.7 Å². The molecule has 1 atom stereocenters. The third-order valence-corrected chi connectivity index (χ3v) is 6.90. The molecule has 0 radical (unpaired) electrons. The zero-order chi connectivity index (χ0) is 27.8. The number of halogens is 2. The molecule has 1 aliphatic rings. The van der Waals surface area contributed by atoms with Crippen molar-refractivity contribution in [3.05, 3.63) is 52.8 Å². The number of nitrogens with one attached hydrogen (secondary N) is 1. The summed E-state index contributed by atoms with van der Waals surface area (Å²) < 4.78 is 20.7. The number of tetrazole rings is 1. The van der Waals surface area contributed by atoms with Gasteiger partial charge in [-0.15, -0.1) is 22.0 Å². The highest BCUT2D eigenvalue weighted by Crippen LogP contribution is 2.39. The van der Waals surface area contributed by atoms with Gasteiger partial charge in [0.15, 0.2) is 0 Å². The summed E-state index contributed by atoms with van der Waals surface area (Å²) in [5.74, 6) is -0.598. The van der Waals surface area contributed by atoms with Crippen molar-refractivity contribution >= 4 is 41.1 Å². The molecule has 0 spiro atoms. The van der Waals surface area contributed by atoms with Gasteiger partial charge in [0.2, 0.25) is 5.82 Å². The summed E-state index contributed by atoms with van der Waals surface area (Å²) >= 11 is 7.32. The van der Waals surface area contributed by atoms with Crippen LogP contribution in [0.15, 0.2) is 41.3 Å². The number of ether oxygens (including phenoxy) is 1. The maximum absolute atomic E-state index is 15.4. The number of benzene rings is 2. The highest BCUT2D eigenvalue weighted by Gasteiger charge is 2.34. The number of hydrogen-bond donors (Lipinski definition) is 1. The van der Waals surface area contributed by atoms with Crippen LogP contribution in [0.4, 0.5) is 14.9 Å². The van der Waals surface area contributed by atoms with Crippen molar-refractivity contribution in [3.8, 4) is 11.4 Å². The molecule has 0 unspecified atom stereocenters. The maximum Gasteiger partial charge on any atom is 0.408 e. The number of fused-ring (bicyclic) bond motifs is 1. The molecular formula is C26H30ClFN6O3S. The molecule has 2 aromatic carbocycles. The number of anilines is 1. The van der Waals surface area contributed by atoms with Crippen LogP contribution >= 0.6 is 23.4 Å². The third kappa shape index (κ3) is 6.44. The number of aromatic nitrogens is 4. The van der Waals surface area contributed by atoms with Gasteiger partial charge < -0.3 is 15.0 Å². The van der Waals surface area contributed by atoms with E-state index >= 15 is 4.39 Å². The summed E-state index contributed by atoms with van der Waals surface area (Å²) in [6, 6.07) is 9.11. The van der Waals surface area contributed by atoms with Gasteiger partial charge in [-0.25, -0.2) is 9.18 Å². The van der Waals surface area contributed by atoms with Crippen LogP contribution in [0.3, 0.4) is 0 Å². The quantitative estimate of drug-likeness (QED) is 0.454. The summed E-state index contributed by atoms with van der Waals surface area (Å²) in [6.45, 7) is 11.1. The summed E-state index contributed by atoms with van der Waals surface area (Å²) in [6.07, 6.45) is -0.705. The standard InChI is InChI=1S/C26H30ClFN6O3S/c1-25(2,3)34-31-22(30-32-34)17-11-20-21(12-18(17)28)38-14-19(29-24(36)37-26(4,5)6)23(35)33(20)13-15-7-9-16(27)10-8-15/h7-12,19H,13-14H2,1-6H3,(H,29,36)/t19-/m0/s1. The molecule has 1 N–H and O–H groups in total. The number of carbonyl (C=O) groups excluding carboxylic acids is 2. The molecule has 9 nitrogen and oxygen atoms in total. The molecule has 0 bridgehead atoms. The van der Waals surface area contributed by atoms with Crippen molar-refractivity contribution in [2.75, 3.05) is 10.7 Å². The van der Waals surface area contributed by atoms with Gasteiger partial charge in [-0.1, -0.05) is 23.7 Å². The van der Waals surface area contributed by atoms with Gasteiger partial charge in [-0.2, -0.15) is 4.80 Å². The first kappa shape index (κ1) is 27.8. The second-order valence-electron chi connectivity index (χ2n) is 10.9. The first-order valence-corrected chi connectivity index (χ1v) is 13.4. The van der Waals surface area contributed by atoms with E-state index in [4.69, 9.17) is 16.3 Å². The minimum absolute atomic E-state index is 0.108. The van der Waals surface area contributed by atoms with E-state index in [1.165, 1.54) is 27.5 Å². The predicted molar refractivity (Wildman–Crippen MR) is 145 cm³/mol. The minimum atomic E-state index is -0.902. The lowest BCUT2D eigenvalue weighted by Crippen LogP contribution is -2.50. The van der Waals surface area contributed by atoms with Crippen molar-refractivity contribution in [1.82, 2.24) is 25.5 Å². The van der Waals surface area contributed by atoms with E-state index in [2.05, 4.69) is 20.7 Å². The second-order valence-corrected chi connectivity index (χ2v) is 12.4. The summed E-state index contributed by atoms with van der Waals surface area (Å²) in [5, 5.41) is 15.7. The predicted octanol–water partition coefficient (Wildman–Crippen LogP) is 5.42. The second kappa shape index (κ2) is 10.5. The molecule has 4 rings (SSSR count). The SMILES string of the molecule is CC(C)(C)OC(=O)N[C@H]1CSc2cc(F)c(-c3nnn(C(C)(C)C)n3)cc2N(Cc2ccc(Cl)cc2)C1=O. The Labute approximate surface area is 230 Å². The zero-order valence-corrected chi connectivity index (χ0v) is 23.7. The molecule has 0 saturated carbocycles. The van der Waals surface area contributed by atoms with Gasteiger partial charge in [-0.3, -0.25) is 4.79 Å². The third-order valence-electron chi connectivity index (χ3n) is 5.51. The molecule has 0 fully saturated rings. The van der Waals surface area contributed by atoms with Crippen LogP contribution in [0.5, 0.6) is 0 Å². The van der Waals surface area contributed by atoms with Crippen LogP contribution in [-0.2, 0) is 21.6 Å². The van der Waals surface area contributed by atoms with Crippen LogP contribution in [0.2, 0.25) is 5.02 Å². The van der Waals surface area contributed by atoms with Crippen LogP contribution in [0.25, 0.3) is 11.4 Å². The average Bonchev–Trinajstić information content (AvgIpc) is 3.27. The summed E-state index contributed by atoms with van der Waals surface area (Å²) in [7, 11) is 0. The smallest absolute Gasteiger partial charge is 0.408 e. The number of rotatable bonds is 4. The minimum Gasteiger partial charge on any atom is -0.444 e. The molecule has 2 amide bonds. The Hall–Kier alpha value is -3.18. The molecular weight excluding hydrogens is 531 g/mol. The van der Waals surface area contributed by atoms with E-state index in [-0.39, 0.29) is 29.6 Å². The topological polar surface area (TPSA) is 102 Å². The Balaban J connectivity index is 1.75. The Bertz CT molecular complexity index is 1350. The van der Waals surface area contributed by atoms with Gasteiger partial charge >= 0.3 is 6.09 Å². The fourth-order valence-electron chi connectivity index (χ4n) is 3.69. The van der Waals surface area contributed by atoms with Crippen molar-refractivity contribution in [1.29, 1.82) is 0 Å². The summed E-state index contributed by atoms with van der Waals surface area (Å²) in [4.78, 5) is 29.8. The monoisotopic (exact) mass is 560 g/mol. The Morgan fingerprint density at radius 2 is 1.87 bits per heavy atom. The van der Waals surface area contributed by atoms with Gasteiger partial charge in [0.05, 0.1) is 23.3 Å². The van der Waals surface area contributed by atoms with E-state index in [9.17, 15) is 9.59 Å². The largest absolute Gasteiger partial charge is 0.444 e. The van der Waals surface area contributed by atoms with Crippen molar-refractivity contribution in [3.63, 3.8) is 0 Å². The fourth-order valence-corrected chi connectivity index (χ4v) is 4.89. The van der Waals surface area contributed by atoms with E-state index < -0.39 is 29.1 Å². The number of nitrogens with zero attached hydrogens (tertiary/aromatic N) is 5. The summed E-state index contributed by atoms with van der Waals surface area (Å²) in [5.41, 5.74) is 0.228. The molecule has 0 aliphatic carbocycles. The lowest BCUT2D eigenvalue weighted by molar-refractivity contribution is -0.120. The number of thioether (sulfide) groups is 1. The Morgan fingerprint density at radius 3 is 2.47 bits per heavy atom. The van der Waals surface area contributed by atoms with Gasteiger partial charge in [0.25, 0.3) is 5.91 Å². The number of carbonyl (C=O) groups is 2. The fraction of sp³-hybridized carbons (Fsp3) is 0.423. The van der Waals surface area contributed by atoms with Crippen molar-refractivity contribution in [2.45, 2.75) is 70.2 Å². The molecule has 0 saturated heterocycles.